The van der Waals surface area contributed by atoms with Crippen molar-refractivity contribution in [1.29, 1.82) is 0 Å². The molecule has 1 aliphatic heterocycles. The highest BCUT2D eigenvalue weighted by Crippen LogP contribution is 2.40. The molecule has 2 N–H and O–H groups in total. The number of nitrogens with zero attached hydrogens (tertiary/aromatic N) is 1. The number of halogens is 1. The van der Waals surface area contributed by atoms with Gasteiger partial charge >= 0.3 is 0 Å². The molecule has 1 fully saturated rings. The second-order valence-corrected chi connectivity index (χ2v) is 8.03. The van der Waals surface area contributed by atoms with Crippen molar-refractivity contribution in [1.82, 2.24) is 4.90 Å². The van der Waals surface area contributed by atoms with Gasteiger partial charge in [-0.25, -0.2) is 0 Å². The predicted molar refractivity (Wildman–Crippen MR) is 107 cm³/mol. The average molecular weight is 371 g/mol. The summed E-state index contributed by atoms with van der Waals surface area (Å²) in [7, 11) is 0. The maximum absolute atomic E-state index is 6.63. The largest absolute Gasteiger partial charge is 0.482 e. The molecule has 138 valence electrons. The Morgan fingerprint density at radius 1 is 1.12 bits per heavy atom. The van der Waals surface area contributed by atoms with Crippen molar-refractivity contribution in [2.75, 3.05) is 13.1 Å². The summed E-state index contributed by atoms with van der Waals surface area (Å²) >= 11 is 6.47. The van der Waals surface area contributed by atoms with Crippen molar-refractivity contribution < 1.29 is 4.74 Å². The van der Waals surface area contributed by atoms with Crippen LogP contribution in [0.3, 0.4) is 0 Å². The van der Waals surface area contributed by atoms with E-state index in [-0.39, 0.29) is 12.1 Å². The highest BCUT2D eigenvalue weighted by Gasteiger charge is 2.37. The number of rotatable bonds is 3. The molecule has 26 heavy (non-hydrogen) atoms. The van der Waals surface area contributed by atoms with E-state index in [0.29, 0.717) is 11.1 Å². The summed E-state index contributed by atoms with van der Waals surface area (Å²) in [5, 5.41) is 0.683. The summed E-state index contributed by atoms with van der Waals surface area (Å²) in [6, 6.07) is 15.2. The summed E-state index contributed by atoms with van der Waals surface area (Å²) < 4.78 is 6.63. The summed E-state index contributed by atoms with van der Waals surface area (Å²) in [6.07, 6.45) is 4.46. The van der Waals surface area contributed by atoms with Gasteiger partial charge in [0.2, 0.25) is 0 Å². The van der Waals surface area contributed by atoms with Crippen LogP contribution in [0.1, 0.15) is 42.1 Å². The van der Waals surface area contributed by atoms with Crippen LogP contribution in [0.5, 0.6) is 5.75 Å². The van der Waals surface area contributed by atoms with E-state index < -0.39 is 0 Å². The lowest BCUT2D eigenvalue weighted by Crippen LogP contribution is -2.51. The molecule has 2 aromatic rings. The summed E-state index contributed by atoms with van der Waals surface area (Å²) in [5.74, 6) is 0.808. The Labute approximate surface area is 161 Å². The SMILES string of the molecule is Cc1cccc(Cl)c1O[C@H]1c2ccccc2CC[C@@H]1N1CCC[C@@H](N)C1. The number of aryl methyl sites for hydroxylation is 2. The molecular weight excluding hydrogens is 344 g/mol. The number of hydrogen-bond donors (Lipinski definition) is 1. The molecule has 2 aliphatic rings. The van der Waals surface area contributed by atoms with E-state index in [1.165, 1.54) is 11.1 Å². The fourth-order valence-electron chi connectivity index (χ4n) is 4.45. The zero-order valence-electron chi connectivity index (χ0n) is 15.3. The Hall–Kier alpha value is -1.55. The van der Waals surface area contributed by atoms with Crippen LogP contribution in [0.15, 0.2) is 42.5 Å². The third kappa shape index (κ3) is 3.48. The second-order valence-electron chi connectivity index (χ2n) is 7.63. The molecule has 0 aromatic heterocycles. The maximum atomic E-state index is 6.63. The smallest absolute Gasteiger partial charge is 0.141 e. The zero-order valence-corrected chi connectivity index (χ0v) is 16.1. The van der Waals surface area contributed by atoms with Gasteiger partial charge in [0, 0.05) is 12.6 Å². The Kier molecular flexibility index (Phi) is 5.21. The molecule has 4 heteroatoms. The van der Waals surface area contributed by atoms with Gasteiger partial charge in [-0.3, -0.25) is 4.90 Å². The van der Waals surface area contributed by atoms with E-state index in [1.807, 2.05) is 12.1 Å². The van der Waals surface area contributed by atoms with Crippen molar-refractivity contribution in [2.24, 2.45) is 5.73 Å². The fourth-order valence-corrected chi connectivity index (χ4v) is 4.72. The molecule has 3 nitrogen and oxygen atoms in total. The fraction of sp³-hybridized carbons (Fsp3) is 0.455. The monoisotopic (exact) mass is 370 g/mol. The minimum Gasteiger partial charge on any atom is -0.482 e. The number of para-hydroxylation sites is 1. The van der Waals surface area contributed by atoms with Gasteiger partial charge in [0.05, 0.1) is 11.1 Å². The number of fused-ring (bicyclic) bond motifs is 1. The molecule has 2 aromatic carbocycles. The van der Waals surface area contributed by atoms with Crippen molar-refractivity contribution in [3.63, 3.8) is 0 Å². The second kappa shape index (κ2) is 7.59. The molecule has 1 saturated heterocycles. The number of ether oxygens (including phenoxy) is 1. The first-order valence-corrected chi connectivity index (χ1v) is 10.0. The quantitative estimate of drug-likeness (QED) is 0.864. The molecule has 0 spiro atoms. The highest BCUT2D eigenvalue weighted by atomic mass is 35.5. The first kappa shape index (κ1) is 17.8. The molecule has 0 amide bonds. The first-order valence-electron chi connectivity index (χ1n) is 9.62. The van der Waals surface area contributed by atoms with Gasteiger partial charge in [0.15, 0.2) is 0 Å². The average Bonchev–Trinajstić information content (AvgIpc) is 2.64. The maximum Gasteiger partial charge on any atom is 0.141 e. The van der Waals surface area contributed by atoms with Gasteiger partial charge in [0.1, 0.15) is 11.9 Å². The topological polar surface area (TPSA) is 38.5 Å². The molecular formula is C22H27ClN2O. The molecule has 0 saturated carbocycles. The van der Waals surface area contributed by atoms with Crippen LogP contribution < -0.4 is 10.5 Å². The van der Waals surface area contributed by atoms with Crippen molar-refractivity contribution in [2.45, 2.75) is 50.8 Å². The molecule has 0 bridgehead atoms. The number of likely N-dealkylation sites (tertiary alicyclic amines) is 1. The van der Waals surface area contributed by atoms with E-state index in [9.17, 15) is 0 Å². The van der Waals surface area contributed by atoms with Gasteiger partial charge in [0.25, 0.3) is 0 Å². The Bertz CT molecular complexity index is 758. The molecule has 1 heterocycles. The Balaban J connectivity index is 1.70. The minimum absolute atomic E-state index is 0.0103. The highest BCUT2D eigenvalue weighted by molar-refractivity contribution is 6.32. The van der Waals surface area contributed by atoms with Crippen LogP contribution in [-0.4, -0.2) is 30.1 Å². The molecule has 4 rings (SSSR count). The van der Waals surface area contributed by atoms with E-state index in [4.69, 9.17) is 22.1 Å². The van der Waals surface area contributed by atoms with Crippen molar-refractivity contribution >= 4 is 11.6 Å². The summed E-state index contributed by atoms with van der Waals surface area (Å²) in [6.45, 7) is 4.11. The number of piperidine rings is 1. The van der Waals surface area contributed by atoms with Crippen LogP contribution in [-0.2, 0) is 6.42 Å². The van der Waals surface area contributed by atoms with E-state index in [0.717, 1.165) is 50.1 Å². The van der Waals surface area contributed by atoms with Crippen LogP contribution >= 0.6 is 11.6 Å². The molecule has 1 aliphatic carbocycles. The van der Waals surface area contributed by atoms with Gasteiger partial charge in [-0.2, -0.15) is 0 Å². The van der Waals surface area contributed by atoms with Gasteiger partial charge in [-0.15, -0.1) is 0 Å². The normalized spacial score (nSPS) is 26.3. The van der Waals surface area contributed by atoms with E-state index in [1.54, 1.807) is 0 Å². The first-order chi connectivity index (χ1) is 12.6. The van der Waals surface area contributed by atoms with Crippen LogP contribution in [0.2, 0.25) is 5.02 Å². The van der Waals surface area contributed by atoms with Crippen LogP contribution in [0.25, 0.3) is 0 Å². The third-order valence-electron chi connectivity index (χ3n) is 5.79. The molecule has 0 unspecified atom stereocenters. The van der Waals surface area contributed by atoms with Crippen molar-refractivity contribution in [3.05, 3.63) is 64.2 Å². The van der Waals surface area contributed by atoms with E-state index >= 15 is 0 Å². The van der Waals surface area contributed by atoms with Crippen LogP contribution in [0.4, 0.5) is 0 Å². The zero-order chi connectivity index (χ0) is 18.1. The minimum atomic E-state index is -0.0103. The predicted octanol–water partition coefficient (Wildman–Crippen LogP) is 4.51. The number of nitrogens with two attached hydrogens (primary N) is 1. The van der Waals surface area contributed by atoms with Crippen molar-refractivity contribution in [3.8, 4) is 5.75 Å². The van der Waals surface area contributed by atoms with Gasteiger partial charge in [-0.1, -0.05) is 48.0 Å². The summed E-state index contributed by atoms with van der Waals surface area (Å²) in [4.78, 5) is 2.54. The van der Waals surface area contributed by atoms with Gasteiger partial charge < -0.3 is 10.5 Å². The Morgan fingerprint density at radius 3 is 2.77 bits per heavy atom. The van der Waals surface area contributed by atoms with Crippen LogP contribution in [0, 0.1) is 6.92 Å². The van der Waals surface area contributed by atoms with Gasteiger partial charge in [-0.05, 0) is 61.9 Å². The lowest BCUT2D eigenvalue weighted by molar-refractivity contribution is 0.0364. The van der Waals surface area contributed by atoms with E-state index in [2.05, 4.69) is 42.2 Å². The molecule has 0 radical (unpaired) electrons. The number of hydrogen-bond acceptors (Lipinski definition) is 3. The standard InChI is InChI=1S/C22H27ClN2O/c1-15-6-4-10-19(23)21(15)26-22-18-9-3-2-7-16(18)11-12-20(22)25-13-5-8-17(24)14-25/h2-4,6-7,9-10,17,20,22H,5,8,11-14,24H2,1H3/t17-,20+,22+/m1/s1. The summed E-state index contributed by atoms with van der Waals surface area (Å²) in [5.41, 5.74) is 10.0. The Morgan fingerprint density at radius 2 is 1.96 bits per heavy atom. The molecule has 3 atom stereocenters. The number of benzene rings is 2. The third-order valence-corrected chi connectivity index (χ3v) is 6.09. The lowest BCUT2D eigenvalue weighted by atomic mass is 9.84. The lowest BCUT2D eigenvalue weighted by Gasteiger charge is -2.43.